The number of aromatic nitrogens is 6. The van der Waals surface area contributed by atoms with Gasteiger partial charge >= 0.3 is 0 Å². The van der Waals surface area contributed by atoms with Crippen molar-refractivity contribution in [3.8, 4) is 0 Å². The molecule has 0 aliphatic carbocycles. The predicted molar refractivity (Wildman–Crippen MR) is 80.2 cm³/mol. The van der Waals surface area contributed by atoms with E-state index in [0.29, 0.717) is 6.54 Å². The van der Waals surface area contributed by atoms with E-state index in [-0.39, 0.29) is 6.04 Å². The molecular formula is C15H20N6. The maximum absolute atomic E-state index is 4.72. The molecule has 3 aromatic heterocycles. The van der Waals surface area contributed by atoms with Crippen molar-refractivity contribution in [1.29, 1.82) is 0 Å². The molecule has 6 heteroatoms. The molecule has 3 heterocycles. The summed E-state index contributed by atoms with van der Waals surface area (Å²) in [6.45, 7) is 9.00. The summed E-state index contributed by atoms with van der Waals surface area (Å²) in [5, 5.41) is 16.2. The van der Waals surface area contributed by atoms with Gasteiger partial charge in [0.05, 0.1) is 36.4 Å². The molecule has 0 fully saturated rings. The molecular weight excluding hydrogens is 264 g/mol. The second-order valence-corrected chi connectivity index (χ2v) is 5.60. The number of aryl methyl sites for hydroxylation is 3. The zero-order valence-electron chi connectivity index (χ0n) is 12.8. The lowest BCUT2D eigenvalue weighted by molar-refractivity contribution is 0.534. The Morgan fingerprint density at radius 2 is 1.95 bits per heavy atom. The zero-order chi connectivity index (χ0) is 15.0. The molecule has 0 radical (unpaired) electrons. The minimum absolute atomic E-state index is 0.128. The molecule has 21 heavy (non-hydrogen) atoms. The summed E-state index contributed by atoms with van der Waals surface area (Å²) < 4.78 is 3.91. The molecule has 3 rings (SSSR count). The summed E-state index contributed by atoms with van der Waals surface area (Å²) in [5.74, 6) is 0. The van der Waals surface area contributed by atoms with E-state index in [2.05, 4.69) is 35.3 Å². The molecule has 1 N–H and O–H groups in total. The maximum atomic E-state index is 4.72. The van der Waals surface area contributed by atoms with Crippen LogP contribution in [0.25, 0.3) is 0 Å². The zero-order valence-corrected chi connectivity index (χ0v) is 12.8. The van der Waals surface area contributed by atoms with Crippen molar-refractivity contribution >= 4 is 0 Å². The molecule has 6 nitrogen and oxygen atoms in total. The summed E-state index contributed by atoms with van der Waals surface area (Å²) in [6.07, 6.45) is 7.82. The largest absolute Gasteiger partial charge is 0.280 e. The second kappa shape index (κ2) is 5.20. The van der Waals surface area contributed by atoms with Gasteiger partial charge in [0, 0.05) is 12.4 Å². The average molecular weight is 284 g/mol. The van der Waals surface area contributed by atoms with E-state index in [0.717, 1.165) is 22.5 Å². The van der Waals surface area contributed by atoms with Gasteiger partial charge in [0.25, 0.3) is 0 Å². The first-order valence-corrected chi connectivity index (χ1v) is 7.08. The van der Waals surface area contributed by atoms with Crippen molar-refractivity contribution in [2.75, 3.05) is 0 Å². The average Bonchev–Trinajstić information content (AvgIpc) is 3.12. The summed E-state index contributed by atoms with van der Waals surface area (Å²) in [5.41, 5.74) is 5.63. The molecule has 0 bridgehead atoms. The van der Waals surface area contributed by atoms with E-state index in [1.807, 2.05) is 41.8 Å². The van der Waals surface area contributed by atoms with Crippen LogP contribution < -0.4 is 0 Å². The molecule has 0 aliphatic rings. The number of H-pyrrole nitrogens is 1. The van der Waals surface area contributed by atoms with E-state index in [1.165, 1.54) is 5.56 Å². The van der Waals surface area contributed by atoms with Crippen LogP contribution in [0.5, 0.6) is 0 Å². The van der Waals surface area contributed by atoms with Crippen LogP contribution in [0, 0.1) is 20.8 Å². The highest BCUT2D eigenvalue weighted by atomic mass is 15.3. The van der Waals surface area contributed by atoms with Crippen LogP contribution in [0.4, 0.5) is 0 Å². The van der Waals surface area contributed by atoms with E-state index in [1.54, 1.807) is 0 Å². The van der Waals surface area contributed by atoms with Crippen LogP contribution in [0.3, 0.4) is 0 Å². The number of hydrogen-bond acceptors (Lipinski definition) is 3. The lowest BCUT2D eigenvalue weighted by Crippen LogP contribution is -2.10. The van der Waals surface area contributed by atoms with Gasteiger partial charge in [-0.3, -0.25) is 14.5 Å². The first-order valence-electron chi connectivity index (χ1n) is 7.08. The Balaban J connectivity index is 1.86. The van der Waals surface area contributed by atoms with Gasteiger partial charge < -0.3 is 0 Å². The Morgan fingerprint density at radius 1 is 1.14 bits per heavy atom. The number of hydrogen-bond donors (Lipinski definition) is 1. The molecule has 0 saturated carbocycles. The molecule has 0 aromatic carbocycles. The topological polar surface area (TPSA) is 64.3 Å². The van der Waals surface area contributed by atoms with Gasteiger partial charge in [0.1, 0.15) is 0 Å². The Morgan fingerprint density at radius 3 is 2.57 bits per heavy atom. The first-order chi connectivity index (χ1) is 10.0. The van der Waals surface area contributed by atoms with E-state index in [4.69, 9.17) is 5.10 Å². The van der Waals surface area contributed by atoms with Crippen molar-refractivity contribution in [3.63, 3.8) is 0 Å². The van der Waals surface area contributed by atoms with Crippen LogP contribution in [0.1, 0.15) is 41.0 Å². The molecule has 0 amide bonds. The van der Waals surface area contributed by atoms with Crippen LogP contribution in [0.15, 0.2) is 24.8 Å². The van der Waals surface area contributed by atoms with E-state index in [9.17, 15) is 0 Å². The first kappa shape index (κ1) is 13.6. The van der Waals surface area contributed by atoms with Crippen LogP contribution in [-0.2, 0) is 6.54 Å². The predicted octanol–water partition coefficient (Wildman–Crippen LogP) is 2.39. The number of nitrogens with one attached hydrogen (secondary N) is 1. The van der Waals surface area contributed by atoms with Crippen molar-refractivity contribution in [3.05, 3.63) is 52.9 Å². The van der Waals surface area contributed by atoms with Gasteiger partial charge in [-0.2, -0.15) is 15.3 Å². The summed E-state index contributed by atoms with van der Waals surface area (Å²) >= 11 is 0. The molecule has 1 unspecified atom stereocenters. The highest BCUT2D eigenvalue weighted by molar-refractivity contribution is 5.21. The number of nitrogens with zero attached hydrogens (tertiary/aromatic N) is 5. The molecule has 1 atom stereocenters. The third-order valence-electron chi connectivity index (χ3n) is 3.76. The summed E-state index contributed by atoms with van der Waals surface area (Å²) in [4.78, 5) is 0. The van der Waals surface area contributed by atoms with Crippen molar-refractivity contribution in [2.24, 2.45) is 0 Å². The molecule has 0 aliphatic heterocycles. The fourth-order valence-corrected chi connectivity index (χ4v) is 2.50. The normalized spacial score (nSPS) is 12.8. The molecule has 3 aromatic rings. The summed E-state index contributed by atoms with van der Waals surface area (Å²) in [6, 6.07) is 0.128. The molecule has 0 saturated heterocycles. The lowest BCUT2D eigenvalue weighted by atomic mass is 10.2. The van der Waals surface area contributed by atoms with Crippen molar-refractivity contribution in [2.45, 2.75) is 40.3 Å². The van der Waals surface area contributed by atoms with E-state index >= 15 is 0 Å². The lowest BCUT2D eigenvalue weighted by Gasteiger charge is -2.10. The molecule has 110 valence electrons. The minimum atomic E-state index is 0.128. The second-order valence-electron chi connectivity index (χ2n) is 5.60. The fraction of sp³-hybridized carbons (Fsp3) is 0.400. The quantitative estimate of drug-likeness (QED) is 0.800. The smallest absolute Gasteiger partial charge is 0.0932 e. The maximum Gasteiger partial charge on any atom is 0.0932 e. The van der Waals surface area contributed by atoms with Crippen molar-refractivity contribution in [1.82, 2.24) is 29.8 Å². The standard InChI is InChI=1S/C15H20N6/c1-10-5-17-21(7-10)13(4)15-12(3)8-20(19-15)9-14-11(2)6-16-18-14/h5-8,13H,9H2,1-4H3,(H,16,18). The molecule has 0 spiro atoms. The number of rotatable bonds is 4. The van der Waals surface area contributed by atoms with Crippen molar-refractivity contribution < 1.29 is 0 Å². The Labute approximate surface area is 123 Å². The van der Waals surface area contributed by atoms with Gasteiger partial charge in [-0.05, 0) is 44.4 Å². The van der Waals surface area contributed by atoms with Crippen LogP contribution in [0.2, 0.25) is 0 Å². The van der Waals surface area contributed by atoms with Crippen LogP contribution in [-0.4, -0.2) is 29.8 Å². The van der Waals surface area contributed by atoms with Crippen LogP contribution >= 0.6 is 0 Å². The SMILES string of the molecule is Cc1cnn(C(C)c2nn(Cc3[nH]ncc3C)cc2C)c1. The highest BCUT2D eigenvalue weighted by Gasteiger charge is 2.16. The Bertz CT molecular complexity index is 748. The fourth-order valence-electron chi connectivity index (χ4n) is 2.50. The van der Waals surface area contributed by atoms with Gasteiger partial charge in [0.2, 0.25) is 0 Å². The minimum Gasteiger partial charge on any atom is -0.280 e. The van der Waals surface area contributed by atoms with Gasteiger partial charge in [-0.15, -0.1) is 0 Å². The highest BCUT2D eigenvalue weighted by Crippen LogP contribution is 2.20. The third kappa shape index (κ3) is 2.61. The van der Waals surface area contributed by atoms with Gasteiger partial charge in [0.15, 0.2) is 0 Å². The van der Waals surface area contributed by atoms with E-state index < -0.39 is 0 Å². The summed E-state index contributed by atoms with van der Waals surface area (Å²) in [7, 11) is 0. The number of aromatic amines is 1. The Kier molecular flexibility index (Phi) is 3.37. The Hall–Kier alpha value is -2.37. The third-order valence-corrected chi connectivity index (χ3v) is 3.76. The monoisotopic (exact) mass is 284 g/mol. The van der Waals surface area contributed by atoms with Gasteiger partial charge in [-0.1, -0.05) is 0 Å². The van der Waals surface area contributed by atoms with Gasteiger partial charge in [-0.25, -0.2) is 0 Å².